The van der Waals surface area contributed by atoms with Gasteiger partial charge < -0.3 is 14.6 Å². The number of allylic oxidation sites excluding steroid dienone is 12. The summed E-state index contributed by atoms with van der Waals surface area (Å²) < 4.78 is 10.5. The SMILES string of the molecule is CC/C=C/C/C=C/C/C=C/C/C=C/C/C=C/CCCCCC(=O)OC[C@H](CO)OC(=O)CCCCCCC/C=C/CCCCCC. The van der Waals surface area contributed by atoms with Crippen LogP contribution in [-0.4, -0.2) is 36.4 Å². The Morgan fingerprint density at radius 2 is 0.935 bits per heavy atom. The van der Waals surface area contributed by atoms with Crippen molar-refractivity contribution in [3.8, 4) is 0 Å². The molecule has 0 amide bonds. The van der Waals surface area contributed by atoms with E-state index < -0.39 is 6.10 Å². The van der Waals surface area contributed by atoms with Crippen LogP contribution in [0.25, 0.3) is 0 Å². The highest BCUT2D eigenvalue weighted by Gasteiger charge is 2.16. The van der Waals surface area contributed by atoms with Crippen molar-refractivity contribution in [2.45, 2.75) is 161 Å². The van der Waals surface area contributed by atoms with E-state index in [2.05, 4.69) is 86.8 Å². The number of carbonyl (C=O) groups is 2. The Labute approximate surface area is 283 Å². The lowest BCUT2D eigenvalue weighted by Gasteiger charge is -2.15. The van der Waals surface area contributed by atoms with Gasteiger partial charge in [0.25, 0.3) is 0 Å². The monoisotopic (exact) mass is 641 g/mol. The molecule has 46 heavy (non-hydrogen) atoms. The zero-order valence-corrected chi connectivity index (χ0v) is 29.6. The second kappa shape index (κ2) is 36.8. The summed E-state index contributed by atoms with van der Waals surface area (Å²) in [5.41, 5.74) is 0. The van der Waals surface area contributed by atoms with Crippen molar-refractivity contribution < 1.29 is 24.2 Å². The quantitative estimate of drug-likeness (QED) is 0.0450. The maximum absolute atomic E-state index is 12.1. The lowest BCUT2D eigenvalue weighted by atomic mass is 10.1. The average molecular weight is 641 g/mol. The molecule has 0 rings (SSSR count). The molecule has 0 radical (unpaired) electrons. The van der Waals surface area contributed by atoms with Gasteiger partial charge in [-0.1, -0.05) is 132 Å². The topological polar surface area (TPSA) is 72.8 Å². The van der Waals surface area contributed by atoms with Crippen LogP contribution >= 0.6 is 0 Å². The van der Waals surface area contributed by atoms with Gasteiger partial charge in [0.2, 0.25) is 0 Å². The minimum atomic E-state index is -0.791. The lowest BCUT2D eigenvalue weighted by Crippen LogP contribution is -2.28. The Bertz CT molecular complexity index is 864. The first-order valence-corrected chi connectivity index (χ1v) is 18.5. The van der Waals surface area contributed by atoms with E-state index in [4.69, 9.17) is 9.47 Å². The van der Waals surface area contributed by atoms with E-state index in [0.29, 0.717) is 12.8 Å². The van der Waals surface area contributed by atoms with Crippen molar-refractivity contribution in [2.24, 2.45) is 0 Å². The Morgan fingerprint density at radius 1 is 0.522 bits per heavy atom. The third kappa shape index (κ3) is 34.2. The van der Waals surface area contributed by atoms with Gasteiger partial charge in [-0.05, 0) is 83.5 Å². The van der Waals surface area contributed by atoms with Gasteiger partial charge in [-0.3, -0.25) is 9.59 Å². The number of aliphatic hydroxyl groups excluding tert-OH is 1. The lowest BCUT2D eigenvalue weighted by molar-refractivity contribution is -0.161. The number of rotatable bonds is 32. The van der Waals surface area contributed by atoms with Crippen LogP contribution in [0.1, 0.15) is 155 Å². The third-order valence-corrected chi connectivity index (χ3v) is 7.48. The molecule has 262 valence electrons. The Kier molecular flexibility index (Phi) is 34.7. The van der Waals surface area contributed by atoms with Crippen LogP contribution < -0.4 is 0 Å². The fraction of sp³-hybridized carbons (Fsp3) is 0.659. The summed E-state index contributed by atoms with van der Waals surface area (Å²) in [5, 5.41) is 9.53. The molecular formula is C41H68O5. The van der Waals surface area contributed by atoms with E-state index in [0.717, 1.165) is 83.5 Å². The van der Waals surface area contributed by atoms with E-state index >= 15 is 0 Å². The first-order chi connectivity index (χ1) is 22.6. The Hall–Kier alpha value is -2.66. The average Bonchev–Trinajstić information content (AvgIpc) is 3.06. The maximum atomic E-state index is 12.1. The van der Waals surface area contributed by atoms with E-state index in [9.17, 15) is 14.7 Å². The van der Waals surface area contributed by atoms with Crippen LogP contribution in [0.4, 0.5) is 0 Å². The molecule has 1 N–H and O–H groups in total. The van der Waals surface area contributed by atoms with Gasteiger partial charge in [0.05, 0.1) is 6.61 Å². The van der Waals surface area contributed by atoms with Gasteiger partial charge >= 0.3 is 11.9 Å². The van der Waals surface area contributed by atoms with Crippen molar-refractivity contribution in [1.82, 2.24) is 0 Å². The molecule has 0 aliphatic carbocycles. The summed E-state index contributed by atoms with van der Waals surface area (Å²) in [6, 6.07) is 0. The molecule has 0 aromatic rings. The van der Waals surface area contributed by atoms with E-state index in [1.54, 1.807) is 0 Å². The molecular weight excluding hydrogens is 572 g/mol. The highest BCUT2D eigenvalue weighted by Crippen LogP contribution is 2.11. The second-order valence-electron chi connectivity index (χ2n) is 11.9. The first-order valence-electron chi connectivity index (χ1n) is 18.5. The molecule has 0 saturated heterocycles. The third-order valence-electron chi connectivity index (χ3n) is 7.48. The van der Waals surface area contributed by atoms with Crippen molar-refractivity contribution in [1.29, 1.82) is 0 Å². The molecule has 1 atom stereocenters. The summed E-state index contributed by atoms with van der Waals surface area (Å²) in [6.45, 7) is 3.95. The van der Waals surface area contributed by atoms with Crippen LogP contribution in [0, 0.1) is 0 Å². The van der Waals surface area contributed by atoms with Gasteiger partial charge in [-0.2, -0.15) is 0 Å². The van der Waals surface area contributed by atoms with Gasteiger partial charge in [0.15, 0.2) is 6.10 Å². The molecule has 0 fully saturated rings. The molecule has 0 aliphatic rings. The summed E-state index contributed by atoms with van der Waals surface area (Å²) >= 11 is 0. The molecule has 0 heterocycles. The van der Waals surface area contributed by atoms with Crippen molar-refractivity contribution in [3.63, 3.8) is 0 Å². The zero-order chi connectivity index (χ0) is 33.6. The molecule has 0 aliphatic heterocycles. The molecule has 0 unspecified atom stereocenters. The minimum Gasteiger partial charge on any atom is -0.462 e. The molecule has 0 bridgehead atoms. The van der Waals surface area contributed by atoms with E-state index in [1.165, 1.54) is 44.9 Å². The summed E-state index contributed by atoms with van der Waals surface area (Å²) in [4.78, 5) is 24.2. The molecule has 0 aromatic heterocycles. The maximum Gasteiger partial charge on any atom is 0.306 e. The first kappa shape index (κ1) is 43.3. The van der Waals surface area contributed by atoms with E-state index in [1.807, 2.05) is 0 Å². The number of esters is 2. The number of unbranched alkanes of at least 4 members (excludes halogenated alkanes) is 12. The van der Waals surface area contributed by atoms with Gasteiger partial charge in [-0.15, -0.1) is 0 Å². The second-order valence-corrected chi connectivity index (χ2v) is 11.9. The van der Waals surface area contributed by atoms with Crippen LogP contribution in [0.3, 0.4) is 0 Å². The fourth-order valence-electron chi connectivity index (χ4n) is 4.69. The Morgan fingerprint density at radius 3 is 1.46 bits per heavy atom. The predicted molar refractivity (Wildman–Crippen MR) is 196 cm³/mol. The number of carbonyl (C=O) groups excluding carboxylic acids is 2. The van der Waals surface area contributed by atoms with Crippen molar-refractivity contribution in [3.05, 3.63) is 72.9 Å². The number of ether oxygens (including phenoxy) is 2. The molecule has 0 aromatic carbocycles. The zero-order valence-electron chi connectivity index (χ0n) is 29.6. The number of hydrogen-bond acceptors (Lipinski definition) is 5. The molecule has 0 spiro atoms. The highest BCUT2D eigenvalue weighted by molar-refractivity contribution is 5.70. The van der Waals surface area contributed by atoms with Gasteiger partial charge in [0.1, 0.15) is 6.61 Å². The fourth-order valence-corrected chi connectivity index (χ4v) is 4.69. The van der Waals surface area contributed by atoms with Crippen LogP contribution in [0.15, 0.2) is 72.9 Å². The smallest absolute Gasteiger partial charge is 0.306 e. The van der Waals surface area contributed by atoms with Crippen molar-refractivity contribution in [2.75, 3.05) is 13.2 Å². The highest BCUT2D eigenvalue weighted by atomic mass is 16.6. The normalized spacial score (nSPS) is 13.0. The van der Waals surface area contributed by atoms with E-state index in [-0.39, 0.29) is 25.2 Å². The minimum absolute atomic E-state index is 0.0900. The standard InChI is InChI=1S/C41H68O5/c1-3-5-7-9-11-13-15-17-18-19-20-21-22-24-25-27-29-31-33-35-40(43)45-38-39(37-42)46-41(44)36-34-32-30-28-26-23-16-14-12-10-8-6-4-2/h5,7,11,13-14,16-18,20-21,24-25,39,42H,3-4,6,8-10,12,15,19,22-23,26-38H2,1-2H3/b7-5+,13-11+,16-14+,18-17+,21-20+,25-24+/t39-/m0/s1. The van der Waals surface area contributed by atoms with Gasteiger partial charge in [-0.25, -0.2) is 0 Å². The van der Waals surface area contributed by atoms with Gasteiger partial charge in [0, 0.05) is 12.8 Å². The molecule has 0 saturated carbocycles. The van der Waals surface area contributed by atoms with Crippen LogP contribution in [0.5, 0.6) is 0 Å². The summed E-state index contributed by atoms with van der Waals surface area (Å²) in [6.07, 6.45) is 48.1. The molecule has 5 nitrogen and oxygen atoms in total. The number of aliphatic hydroxyl groups is 1. The number of hydrogen-bond donors (Lipinski definition) is 1. The van der Waals surface area contributed by atoms with Crippen LogP contribution in [0.2, 0.25) is 0 Å². The van der Waals surface area contributed by atoms with Crippen molar-refractivity contribution >= 4 is 11.9 Å². The predicted octanol–water partition coefficient (Wildman–Crippen LogP) is 11.4. The summed E-state index contributed by atoms with van der Waals surface area (Å²) in [7, 11) is 0. The Balaban J connectivity index is 3.69. The molecule has 5 heteroatoms. The van der Waals surface area contributed by atoms with Crippen LogP contribution in [-0.2, 0) is 19.1 Å². The summed E-state index contributed by atoms with van der Waals surface area (Å²) in [5.74, 6) is -0.646. The largest absolute Gasteiger partial charge is 0.462 e.